The molecular formula is H3ErO8P2. The van der Waals surface area contributed by atoms with Crippen LogP contribution in [-0.4, -0.2) is 14.7 Å². The van der Waals surface area contributed by atoms with Gasteiger partial charge in [0.1, 0.15) is 0 Å². The van der Waals surface area contributed by atoms with E-state index in [2.05, 4.69) is 0 Å². The fourth-order valence-corrected chi connectivity index (χ4v) is 0. The molecule has 0 saturated heterocycles. The zero-order valence-electron chi connectivity index (χ0n) is 4.57. The van der Waals surface area contributed by atoms with Crippen LogP contribution in [0.5, 0.6) is 0 Å². The Morgan fingerprint density at radius 2 is 0.909 bits per heavy atom. The van der Waals surface area contributed by atoms with E-state index in [9.17, 15) is 0 Å². The van der Waals surface area contributed by atoms with Crippen LogP contribution < -0.4 is 14.7 Å². The van der Waals surface area contributed by atoms with Gasteiger partial charge in [-0.1, -0.05) is 0 Å². The monoisotopic (exact) mass is 359 g/mol. The van der Waals surface area contributed by atoms with Crippen LogP contribution in [0.15, 0.2) is 0 Å². The molecule has 0 amide bonds. The van der Waals surface area contributed by atoms with Crippen molar-refractivity contribution in [2.24, 2.45) is 0 Å². The molecule has 0 spiro atoms. The smallest absolute Gasteiger partial charge is 0.822 e. The van der Waals surface area contributed by atoms with Crippen LogP contribution in [0.3, 0.4) is 0 Å². The molecule has 1 radical (unpaired) electrons. The minimum absolute atomic E-state index is 0. The Morgan fingerprint density at radius 3 is 0.909 bits per heavy atom. The second-order valence-electron chi connectivity index (χ2n) is 0.960. The van der Waals surface area contributed by atoms with Crippen molar-refractivity contribution in [3.8, 4) is 0 Å². The Balaban J connectivity index is -0.000000107. The third kappa shape index (κ3) is 478. The first kappa shape index (κ1) is 18.3. The molecule has 0 aromatic rings. The Kier molecular flexibility index (Phi) is 11.5. The van der Waals surface area contributed by atoms with Crippen molar-refractivity contribution >= 4 is 15.6 Å². The molecule has 3 N–H and O–H groups in total. The van der Waals surface area contributed by atoms with Gasteiger partial charge in [-0.15, -0.1) is 0 Å². The van der Waals surface area contributed by atoms with Crippen molar-refractivity contribution in [1.82, 2.24) is 0 Å². The molecule has 0 aliphatic heterocycles. The van der Waals surface area contributed by atoms with E-state index in [1.54, 1.807) is 0 Å². The Labute approximate surface area is 91.0 Å². The topological polar surface area (TPSA) is 164 Å². The van der Waals surface area contributed by atoms with E-state index < -0.39 is 15.6 Å². The van der Waals surface area contributed by atoms with Crippen LogP contribution in [0.1, 0.15) is 0 Å². The summed E-state index contributed by atoms with van der Waals surface area (Å²) in [7, 11) is -10.0. The van der Waals surface area contributed by atoms with Gasteiger partial charge in [-0.2, -0.15) is 7.82 Å². The van der Waals surface area contributed by atoms with Gasteiger partial charge in [0.15, 0.2) is 0 Å². The number of phosphoric acid groups is 2. The number of hydrogen-bond donors (Lipinski definition) is 3. The summed E-state index contributed by atoms with van der Waals surface area (Å²) < 4.78 is 17.4. The maximum atomic E-state index is 8.88. The summed E-state index contributed by atoms with van der Waals surface area (Å²) in [6.45, 7) is 0. The molecule has 0 rings (SSSR count). The van der Waals surface area contributed by atoms with Gasteiger partial charge >= 0.3 is 45.1 Å². The largest absolute Gasteiger partial charge is 3.00 e. The normalized spacial score (nSPS) is 10.7. The summed E-state index contributed by atoms with van der Waals surface area (Å²) >= 11 is 0. The van der Waals surface area contributed by atoms with Crippen LogP contribution in [-0.2, 0) is 9.13 Å². The van der Waals surface area contributed by atoms with Gasteiger partial charge in [-0.3, -0.25) is 0 Å². The summed E-state index contributed by atoms with van der Waals surface area (Å²) in [6, 6.07) is 0. The predicted molar refractivity (Wildman–Crippen MR) is 21.9 cm³/mol. The molecule has 0 heterocycles. The van der Waals surface area contributed by atoms with Gasteiger partial charge in [0, 0.05) is 0 Å². The SMILES string of the molecule is O=P(O)(O)O.O=P([O-])([O-])[O-].[Er+3]. The zero-order valence-corrected chi connectivity index (χ0v) is 8.21. The van der Waals surface area contributed by atoms with Crippen molar-refractivity contribution < 1.29 is 75.8 Å². The zero-order chi connectivity index (χ0) is 9.00. The van der Waals surface area contributed by atoms with E-state index in [4.69, 9.17) is 38.5 Å². The molecule has 8 nitrogen and oxygen atoms in total. The summed E-state index contributed by atoms with van der Waals surface area (Å²) in [5.74, 6) is 0. The van der Waals surface area contributed by atoms with Crippen LogP contribution in [0.4, 0.5) is 0 Å². The van der Waals surface area contributed by atoms with Crippen molar-refractivity contribution in [3.63, 3.8) is 0 Å². The summed E-state index contributed by atoms with van der Waals surface area (Å²) in [5.41, 5.74) is 0. The van der Waals surface area contributed by atoms with Crippen LogP contribution in [0.25, 0.3) is 0 Å². The van der Waals surface area contributed by atoms with Gasteiger partial charge in [0.25, 0.3) is 0 Å². The average molecular weight is 360 g/mol. The molecular weight excluding hydrogens is 357 g/mol. The van der Waals surface area contributed by atoms with Crippen LogP contribution >= 0.6 is 15.6 Å². The van der Waals surface area contributed by atoms with Crippen LogP contribution in [0.2, 0.25) is 0 Å². The van der Waals surface area contributed by atoms with E-state index in [0.29, 0.717) is 0 Å². The molecule has 0 aromatic heterocycles. The molecule has 0 saturated carbocycles. The predicted octanol–water partition coefficient (Wildman–Crippen LogP) is -3.75. The first-order chi connectivity index (χ1) is 4.00. The second-order valence-corrected chi connectivity index (χ2v) is 2.88. The molecule has 73 valence electrons. The molecule has 0 unspecified atom stereocenters. The quantitative estimate of drug-likeness (QED) is 0.371. The van der Waals surface area contributed by atoms with E-state index in [0.717, 1.165) is 0 Å². The first-order valence-corrected chi connectivity index (χ1v) is 4.54. The summed E-state index contributed by atoms with van der Waals surface area (Å²) in [4.78, 5) is 47.2. The van der Waals surface area contributed by atoms with E-state index in [1.807, 2.05) is 0 Å². The molecule has 11 heavy (non-hydrogen) atoms. The van der Waals surface area contributed by atoms with Crippen molar-refractivity contribution in [2.45, 2.75) is 0 Å². The van der Waals surface area contributed by atoms with Gasteiger partial charge in [-0.05, 0) is 0 Å². The van der Waals surface area contributed by atoms with Gasteiger partial charge in [0.05, 0.1) is 0 Å². The molecule has 0 fully saturated rings. The Morgan fingerprint density at radius 1 is 0.909 bits per heavy atom. The minimum Gasteiger partial charge on any atom is -0.822 e. The summed E-state index contributed by atoms with van der Waals surface area (Å²) in [6.07, 6.45) is 0. The summed E-state index contributed by atoms with van der Waals surface area (Å²) in [5, 5.41) is 0. The molecule has 0 aliphatic rings. The van der Waals surface area contributed by atoms with Crippen molar-refractivity contribution in [3.05, 3.63) is 0 Å². The van der Waals surface area contributed by atoms with Gasteiger partial charge in [-0.25, -0.2) is 4.57 Å². The molecule has 0 bridgehead atoms. The van der Waals surface area contributed by atoms with Crippen molar-refractivity contribution in [1.29, 1.82) is 0 Å². The fourth-order valence-electron chi connectivity index (χ4n) is 0. The molecule has 0 aliphatic carbocycles. The van der Waals surface area contributed by atoms with Crippen LogP contribution in [0, 0.1) is 37.3 Å². The fraction of sp³-hybridized carbons (Fsp3) is 0. The third-order valence-electron chi connectivity index (χ3n) is 0. The average Bonchev–Trinajstić information content (AvgIpc) is 1.12. The first-order valence-electron chi connectivity index (χ1n) is 1.51. The second kappa shape index (κ2) is 6.93. The van der Waals surface area contributed by atoms with Gasteiger partial charge in [0.2, 0.25) is 0 Å². The molecule has 11 heteroatoms. The van der Waals surface area contributed by atoms with Gasteiger partial charge < -0.3 is 33.9 Å². The van der Waals surface area contributed by atoms with E-state index in [1.165, 1.54) is 0 Å². The standard InChI is InChI=1S/Er.2H3O4P/c;2*1-5(2,3)4/h;2*(H3,1,2,3,4)/q+3;;/p-3. The molecule has 0 aromatic carbocycles. The third-order valence-corrected chi connectivity index (χ3v) is 0. The van der Waals surface area contributed by atoms with E-state index in [-0.39, 0.29) is 37.3 Å². The number of rotatable bonds is 0. The maximum Gasteiger partial charge on any atom is 3.00 e. The Bertz CT molecular complexity index is 124. The van der Waals surface area contributed by atoms with Crippen molar-refractivity contribution in [2.75, 3.05) is 0 Å². The Hall–Kier alpha value is 1.47. The van der Waals surface area contributed by atoms with E-state index >= 15 is 0 Å². The maximum absolute atomic E-state index is 8.88. The minimum atomic E-state index is -5.39. The number of hydrogen-bond acceptors (Lipinski definition) is 5. The molecule has 0 atom stereocenters.